The number of nitrogens with one attached hydrogen (secondary N) is 1. The van der Waals surface area contributed by atoms with Crippen molar-refractivity contribution in [1.29, 1.82) is 0 Å². The predicted octanol–water partition coefficient (Wildman–Crippen LogP) is 4.22. The van der Waals surface area contributed by atoms with Crippen molar-refractivity contribution in [2.75, 3.05) is 43.9 Å². The minimum atomic E-state index is 0.453. The molecule has 1 N–H and O–H groups in total. The maximum atomic E-state index is 4.49. The van der Waals surface area contributed by atoms with Crippen LogP contribution in [0.25, 0.3) is 10.9 Å². The zero-order chi connectivity index (χ0) is 17.5. The van der Waals surface area contributed by atoms with Crippen LogP contribution in [0.2, 0.25) is 0 Å². The van der Waals surface area contributed by atoms with Gasteiger partial charge in [-0.15, -0.1) is 0 Å². The van der Waals surface area contributed by atoms with E-state index in [4.69, 9.17) is 0 Å². The second-order valence-corrected chi connectivity index (χ2v) is 6.67. The first kappa shape index (κ1) is 18.5. The molecule has 0 aliphatic heterocycles. The molecule has 0 spiro atoms. The van der Waals surface area contributed by atoms with Crippen molar-refractivity contribution in [3.05, 3.63) is 30.5 Å². The van der Waals surface area contributed by atoms with E-state index in [0.717, 1.165) is 18.6 Å². The number of rotatable bonds is 9. The highest BCUT2D eigenvalue weighted by atomic mass is 15.1. The van der Waals surface area contributed by atoms with Crippen LogP contribution in [-0.2, 0) is 0 Å². The Morgan fingerprint density at radius 1 is 1.12 bits per heavy atom. The molecule has 2 aromatic rings. The topological polar surface area (TPSA) is 31.4 Å². The van der Waals surface area contributed by atoms with E-state index in [1.807, 2.05) is 6.20 Å². The SMILES string of the molecule is CCN(CC)CCC[C@@H](C)Nc1ccnc2ccc(N(C)C)cc12. The lowest BCUT2D eigenvalue weighted by molar-refractivity contribution is 0.295. The molecule has 1 heterocycles. The zero-order valence-electron chi connectivity index (χ0n) is 15.8. The fourth-order valence-electron chi connectivity index (χ4n) is 3.04. The van der Waals surface area contributed by atoms with Crippen LogP contribution >= 0.6 is 0 Å². The van der Waals surface area contributed by atoms with Crippen LogP contribution in [0, 0.1) is 0 Å². The van der Waals surface area contributed by atoms with Gasteiger partial charge in [-0.2, -0.15) is 0 Å². The standard InChI is InChI=1S/C20H32N4/c1-6-24(7-2)14-8-9-16(3)22-20-12-13-21-19-11-10-17(23(4)5)15-18(19)20/h10-13,15-16H,6-9,14H2,1-5H3,(H,21,22)/t16-/m1/s1. The molecular formula is C20H32N4. The lowest BCUT2D eigenvalue weighted by atomic mass is 10.1. The summed E-state index contributed by atoms with van der Waals surface area (Å²) in [7, 11) is 4.14. The highest BCUT2D eigenvalue weighted by molar-refractivity contribution is 5.93. The summed E-state index contributed by atoms with van der Waals surface area (Å²) in [6, 6.07) is 8.97. The number of nitrogens with zero attached hydrogens (tertiary/aromatic N) is 3. The van der Waals surface area contributed by atoms with Gasteiger partial charge in [0.05, 0.1) is 5.52 Å². The lowest BCUT2D eigenvalue weighted by Crippen LogP contribution is -2.25. The molecule has 0 fully saturated rings. The van der Waals surface area contributed by atoms with Crippen molar-refractivity contribution in [2.24, 2.45) is 0 Å². The first-order valence-corrected chi connectivity index (χ1v) is 9.10. The minimum absolute atomic E-state index is 0.453. The van der Waals surface area contributed by atoms with Gasteiger partial charge in [0.15, 0.2) is 0 Å². The van der Waals surface area contributed by atoms with Crippen LogP contribution in [-0.4, -0.2) is 49.7 Å². The van der Waals surface area contributed by atoms with Crippen molar-refractivity contribution in [2.45, 2.75) is 39.7 Å². The van der Waals surface area contributed by atoms with Gasteiger partial charge in [0.1, 0.15) is 0 Å². The quantitative estimate of drug-likeness (QED) is 0.746. The molecule has 24 heavy (non-hydrogen) atoms. The number of anilines is 2. The Balaban J connectivity index is 2.04. The predicted molar refractivity (Wildman–Crippen MR) is 106 cm³/mol. The molecule has 1 aromatic carbocycles. The van der Waals surface area contributed by atoms with Crippen molar-refractivity contribution >= 4 is 22.3 Å². The molecule has 1 aromatic heterocycles. The average Bonchev–Trinajstić information content (AvgIpc) is 2.58. The number of pyridine rings is 1. The van der Waals surface area contributed by atoms with Crippen LogP contribution in [0.15, 0.2) is 30.5 Å². The van der Waals surface area contributed by atoms with Gasteiger partial charge in [0, 0.05) is 43.1 Å². The van der Waals surface area contributed by atoms with Crippen molar-refractivity contribution in [3.8, 4) is 0 Å². The third-order valence-corrected chi connectivity index (χ3v) is 4.65. The van der Waals surface area contributed by atoms with Gasteiger partial charge in [-0.25, -0.2) is 0 Å². The van der Waals surface area contributed by atoms with E-state index in [9.17, 15) is 0 Å². The molecule has 0 bridgehead atoms. The van der Waals surface area contributed by atoms with Gasteiger partial charge in [-0.1, -0.05) is 13.8 Å². The van der Waals surface area contributed by atoms with Gasteiger partial charge in [-0.3, -0.25) is 4.98 Å². The molecule has 0 amide bonds. The van der Waals surface area contributed by atoms with Gasteiger partial charge in [0.25, 0.3) is 0 Å². The Labute approximate surface area is 146 Å². The first-order chi connectivity index (χ1) is 11.5. The number of fused-ring (bicyclic) bond motifs is 1. The average molecular weight is 329 g/mol. The highest BCUT2D eigenvalue weighted by Crippen LogP contribution is 2.26. The molecule has 0 unspecified atom stereocenters. The first-order valence-electron chi connectivity index (χ1n) is 9.10. The number of hydrogen-bond donors (Lipinski definition) is 1. The smallest absolute Gasteiger partial charge is 0.0724 e. The molecule has 0 saturated carbocycles. The molecule has 0 saturated heterocycles. The molecule has 0 aliphatic carbocycles. The molecule has 4 heteroatoms. The molecule has 4 nitrogen and oxygen atoms in total. The van der Waals surface area contributed by atoms with E-state index >= 15 is 0 Å². The second-order valence-electron chi connectivity index (χ2n) is 6.67. The maximum absolute atomic E-state index is 4.49. The highest BCUT2D eigenvalue weighted by Gasteiger charge is 2.08. The van der Waals surface area contributed by atoms with E-state index in [1.165, 1.54) is 36.1 Å². The molecule has 1 atom stereocenters. The monoisotopic (exact) mass is 328 g/mol. The van der Waals surface area contributed by atoms with Crippen LogP contribution in [0.1, 0.15) is 33.6 Å². The second kappa shape index (κ2) is 8.88. The van der Waals surface area contributed by atoms with Gasteiger partial charge in [-0.05, 0) is 63.7 Å². The van der Waals surface area contributed by atoms with Crippen molar-refractivity contribution in [3.63, 3.8) is 0 Å². The Morgan fingerprint density at radius 3 is 2.54 bits per heavy atom. The summed E-state index contributed by atoms with van der Waals surface area (Å²) in [6.45, 7) is 10.2. The Hall–Kier alpha value is -1.81. The van der Waals surface area contributed by atoms with Crippen LogP contribution in [0.3, 0.4) is 0 Å². The van der Waals surface area contributed by atoms with Gasteiger partial charge >= 0.3 is 0 Å². The minimum Gasteiger partial charge on any atom is -0.382 e. The summed E-state index contributed by atoms with van der Waals surface area (Å²) in [4.78, 5) is 9.10. The number of hydrogen-bond acceptors (Lipinski definition) is 4. The fourth-order valence-corrected chi connectivity index (χ4v) is 3.04. The van der Waals surface area contributed by atoms with E-state index in [-0.39, 0.29) is 0 Å². The summed E-state index contributed by atoms with van der Waals surface area (Å²) in [6.07, 6.45) is 4.29. The molecule has 0 radical (unpaired) electrons. The van der Waals surface area contributed by atoms with E-state index in [1.54, 1.807) is 0 Å². The lowest BCUT2D eigenvalue weighted by Gasteiger charge is -2.21. The summed E-state index contributed by atoms with van der Waals surface area (Å²) in [5, 5.41) is 4.88. The maximum Gasteiger partial charge on any atom is 0.0724 e. The van der Waals surface area contributed by atoms with Crippen LogP contribution in [0.5, 0.6) is 0 Å². The van der Waals surface area contributed by atoms with Crippen LogP contribution in [0.4, 0.5) is 11.4 Å². The summed E-state index contributed by atoms with van der Waals surface area (Å²) >= 11 is 0. The van der Waals surface area contributed by atoms with Crippen molar-refractivity contribution in [1.82, 2.24) is 9.88 Å². The Bertz CT molecular complexity index is 635. The Morgan fingerprint density at radius 2 is 1.88 bits per heavy atom. The van der Waals surface area contributed by atoms with Crippen molar-refractivity contribution < 1.29 is 0 Å². The molecule has 0 aliphatic rings. The molecule has 2 rings (SSSR count). The number of aromatic nitrogens is 1. The third-order valence-electron chi connectivity index (χ3n) is 4.65. The van der Waals surface area contributed by atoms with E-state index in [0.29, 0.717) is 6.04 Å². The third kappa shape index (κ3) is 4.84. The zero-order valence-corrected chi connectivity index (χ0v) is 15.8. The normalized spacial score (nSPS) is 12.6. The molecular weight excluding hydrogens is 296 g/mol. The summed E-state index contributed by atoms with van der Waals surface area (Å²) in [5.41, 5.74) is 3.42. The van der Waals surface area contributed by atoms with Crippen LogP contribution < -0.4 is 10.2 Å². The molecule has 132 valence electrons. The Kier molecular flexibility index (Phi) is 6.85. The summed E-state index contributed by atoms with van der Waals surface area (Å²) < 4.78 is 0. The van der Waals surface area contributed by atoms with E-state index < -0.39 is 0 Å². The fraction of sp³-hybridized carbons (Fsp3) is 0.550. The van der Waals surface area contributed by atoms with Gasteiger partial charge in [0.2, 0.25) is 0 Å². The number of benzene rings is 1. The largest absolute Gasteiger partial charge is 0.382 e. The summed E-state index contributed by atoms with van der Waals surface area (Å²) in [5.74, 6) is 0. The van der Waals surface area contributed by atoms with Gasteiger partial charge < -0.3 is 15.1 Å². The van der Waals surface area contributed by atoms with E-state index in [2.05, 4.69) is 79.2 Å².